The highest BCUT2D eigenvalue weighted by molar-refractivity contribution is 5.86. The molecule has 3 atom stereocenters. The lowest BCUT2D eigenvalue weighted by Crippen LogP contribution is -2.32. The molecule has 0 bridgehead atoms. The molecule has 0 radical (unpaired) electrons. The third-order valence-electron chi connectivity index (χ3n) is 6.69. The zero-order valence-corrected chi connectivity index (χ0v) is 19.5. The molecule has 0 aromatic heterocycles. The molecule has 3 aromatic carbocycles. The van der Waals surface area contributed by atoms with Gasteiger partial charge in [-0.3, -0.25) is 4.79 Å². The van der Waals surface area contributed by atoms with Crippen molar-refractivity contribution in [3.05, 3.63) is 82.9 Å². The topological polar surface area (TPSA) is 41.1 Å². The number of amides is 1. The van der Waals surface area contributed by atoms with Crippen LogP contribution >= 0.6 is 0 Å². The fraction of sp³-hybridized carbons (Fsp3) is 0.370. The number of benzene rings is 3. The van der Waals surface area contributed by atoms with Gasteiger partial charge in [-0.25, -0.2) is 0 Å². The Morgan fingerprint density at radius 1 is 0.917 bits per heavy atom. The molecule has 1 aliphatic rings. The van der Waals surface area contributed by atoms with E-state index in [1.165, 1.54) is 0 Å². The Bertz CT molecular complexity index is 1200. The standard InChI is InChI=1S/C27H26F6N2O/c1-16(23-8-4-6-18-5-2-3-7-24(18)23)35-22-10-9-19(13-22)25(36)34-15-17-11-20(26(28,29)30)14-21(12-17)27(31,32)33/h2-8,11-12,14,16,19,22,35H,9-10,13,15H2,1H3,(H,34,36). The van der Waals surface area contributed by atoms with Crippen molar-refractivity contribution >= 4 is 16.7 Å². The summed E-state index contributed by atoms with van der Waals surface area (Å²) in [4.78, 5) is 12.7. The monoisotopic (exact) mass is 508 g/mol. The third kappa shape index (κ3) is 6.00. The molecule has 9 heteroatoms. The second kappa shape index (κ2) is 10.1. The van der Waals surface area contributed by atoms with Gasteiger partial charge in [-0.15, -0.1) is 0 Å². The van der Waals surface area contributed by atoms with Crippen LogP contribution in [0.5, 0.6) is 0 Å². The molecule has 1 aliphatic carbocycles. The summed E-state index contributed by atoms with van der Waals surface area (Å²) >= 11 is 0. The summed E-state index contributed by atoms with van der Waals surface area (Å²) in [7, 11) is 0. The number of hydrogen-bond donors (Lipinski definition) is 2. The number of halogens is 6. The molecule has 0 aliphatic heterocycles. The minimum Gasteiger partial charge on any atom is -0.352 e. The van der Waals surface area contributed by atoms with Gasteiger partial charge in [-0.1, -0.05) is 42.5 Å². The SMILES string of the molecule is CC(NC1CCC(C(=O)NCc2cc(C(F)(F)F)cc(C(F)(F)F)c2)C1)c1cccc2ccccc12. The summed E-state index contributed by atoms with van der Waals surface area (Å²) in [6, 6.07) is 15.6. The average Bonchev–Trinajstić information content (AvgIpc) is 3.29. The highest BCUT2D eigenvalue weighted by atomic mass is 19.4. The lowest BCUT2D eigenvalue weighted by molar-refractivity contribution is -0.143. The molecule has 36 heavy (non-hydrogen) atoms. The predicted molar refractivity (Wildman–Crippen MR) is 125 cm³/mol. The maximum Gasteiger partial charge on any atom is 0.416 e. The Hall–Kier alpha value is -3.07. The van der Waals surface area contributed by atoms with Crippen molar-refractivity contribution in [2.24, 2.45) is 5.92 Å². The molecule has 0 heterocycles. The lowest BCUT2D eigenvalue weighted by atomic mass is 9.99. The quantitative estimate of drug-likeness (QED) is 0.352. The maximum atomic E-state index is 13.1. The van der Waals surface area contributed by atoms with Crippen molar-refractivity contribution in [1.82, 2.24) is 10.6 Å². The van der Waals surface area contributed by atoms with Crippen molar-refractivity contribution in [2.75, 3.05) is 0 Å². The van der Waals surface area contributed by atoms with Gasteiger partial charge in [0.1, 0.15) is 0 Å². The maximum absolute atomic E-state index is 13.1. The van der Waals surface area contributed by atoms with Gasteiger partial charge in [0.15, 0.2) is 0 Å². The largest absolute Gasteiger partial charge is 0.416 e. The van der Waals surface area contributed by atoms with Crippen LogP contribution in [0.2, 0.25) is 0 Å². The number of fused-ring (bicyclic) bond motifs is 1. The molecular formula is C27H26F6N2O. The first-order valence-corrected chi connectivity index (χ1v) is 11.7. The highest BCUT2D eigenvalue weighted by Crippen LogP contribution is 2.36. The first-order chi connectivity index (χ1) is 16.9. The Morgan fingerprint density at radius 3 is 2.22 bits per heavy atom. The van der Waals surface area contributed by atoms with Crippen molar-refractivity contribution in [3.63, 3.8) is 0 Å². The smallest absolute Gasteiger partial charge is 0.352 e. The van der Waals surface area contributed by atoms with E-state index in [-0.39, 0.29) is 35.5 Å². The summed E-state index contributed by atoms with van der Waals surface area (Å²) in [5, 5.41) is 8.37. The molecular weight excluding hydrogens is 482 g/mol. The number of rotatable bonds is 6. The fourth-order valence-corrected chi connectivity index (χ4v) is 4.90. The zero-order chi connectivity index (χ0) is 26.1. The summed E-state index contributed by atoms with van der Waals surface area (Å²) in [6.45, 7) is 1.65. The van der Waals surface area contributed by atoms with Crippen LogP contribution in [0.3, 0.4) is 0 Å². The van der Waals surface area contributed by atoms with Crippen LogP contribution in [0.15, 0.2) is 60.7 Å². The van der Waals surface area contributed by atoms with E-state index in [1.54, 1.807) is 0 Å². The molecule has 3 nitrogen and oxygen atoms in total. The average molecular weight is 509 g/mol. The van der Waals surface area contributed by atoms with E-state index >= 15 is 0 Å². The van der Waals surface area contributed by atoms with E-state index in [0.717, 1.165) is 22.8 Å². The summed E-state index contributed by atoms with van der Waals surface area (Å²) in [5.41, 5.74) is -1.89. The van der Waals surface area contributed by atoms with Gasteiger partial charge >= 0.3 is 12.4 Å². The second-order valence-electron chi connectivity index (χ2n) is 9.30. The van der Waals surface area contributed by atoms with Crippen molar-refractivity contribution in [3.8, 4) is 0 Å². The molecule has 1 saturated carbocycles. The third-order valence-corrected chi connectivity index (χ3v) is 6.69. The van der Waals surface area contributed by atoms with E-state index in [0.29, 0.717) is 25.0 Å². The van der Waals surface area contributed by atoms with Crippen LogP contribution in [0.4, 0.5) is 26.3 Å². The summed E-state index contributed by atoms with van der Waals surface area (Å²) < 4.78 is 78.5. The molecule has 3 unspecified atom stereocenters. The first-order valence-electron chi connectivity index (χ1n) is 11.7. The van der Waals surface area contributed by atoms with Gasteiger partial charge in [0.05, 0.1) is 11.1 Å². The number of alkyl halides is 6. The summed E-state index contributed by atoms with van der Waals surface area (Å²) in [5.74, 6) is -0.738. The Morgan fingerprint density at radius 2 is 1.56 bits per heavy atom. The molecule has 1 amide bonds. The van der Waals surface area contributed by atoms with Crippen LogP contribution in [0.25, 0.3) is 10.8 Å². The molecule has 1 fully saturated rings. The predicted octanol–water partition coefficient (Wildman–Crippen LogP) is 7.01. The molecule has 0 saturated heterocycles. The van der Waals surface area contributed by atoms with E-state index in [9.17, 15) is 31.1 Å². The van der Waals surface area contributed by atoms with E-state index in [4.69, 9.17) is 0 Å². The number of nitrogens with one attached hydrogen (secondary N) is 2. The van der Waals surface area contributed by atoms with Crippen molar-refractivity contribution in [2.45, 2.75) is 57.2 Å². The highest BCUT2D eigenvalue weighted by Gasteiger charge is 2.37. The molecule has 4 rings (SSSR count). The van der Waals surface area contributed by atoms with Crippen LogP contribution in [-0.4, -0.2) is 11.9 Å². The minimum atomic E-state index is -4.93. The minimum absolute atomic E-state index is 0.0359. The molecule has 0 spiro atoms. The summed E-state index contributed by atoms with van der Waals surface area (Å²) in [6.07, 6.45) is -7.98. The van der Waals surface area contributed by atoms with Crippen LogP contribution in [-0.2, 0) is 23.7 Å². The van der Waals surface area contributed by atoms with Gasteiger partial charge in [-0.2, -0.15) is 26.3 Å². The molecule has 3 aromatic rings. The Kier molecular flexibility index (Phi) is 7.31. The van der Waals surface area contributed by atoms with Crippen LogP contribution in [0, 0.1) is 5.92 Å². The lowest BCUT2D eigenvalue weighted by Gasteiger charge is -2.21. The van der Waals surface area contributed by atoms with E-state index in [1.807, 2.05) is 30.3 Å². The van der Waals surface area contributed by atoms with Gasteiger partial charge in [0, 0.05) is 24.5 Å². The molecule has 192 valence electrons. The number of carbonyl (C=O) groups excluding carboxylic acids is 1. The fourth-order valence-electron chi connectivity index (χ4n) is 4.90. The normalized spacial score (nSPS) is 19.4. The van der Waals surface area contributed by atoms with Crippen molar-refractivity contribution < 1.29 is 31.1 Å². The van der Waals surface area contributed by atoms with Crippen LogP contribution < -0.4 is 10.6 Å². The number of carbonyl (C=O) groups is 1. The van der Waals surface area contributed by atoms with Gasteiger partial charge in [0.2, 0.25) is 5.91 Å². The van der Waals surface area contributed by atoms with Gasteiger partial charge in [-0.05, 0) is 66.3 Å². The van der Waals surface area contributed by atoms with Gasteiger partial charge < -0.3 is 10.6 Å². The van der Waals surface area contributed by atoms with E-state index in [2.05, 4.69) is 29.7 Å². The Balaban J connectivity index is 1.37. The van der Waals surface area contributed by atoms with E-state index < -0.39 is 30.0 Å². The molecule has 2 N–H and O–H groups in total. The zero-order valence-electron chi connectivity index (χ0n) is 19.5. The number of hydrogen-bond acceptors (Lipinski definition) is 2. The van der Waals surface area contributed by atoms with Crippen molar-refractivity contribution in [1.29, 1.82) is 0 Å². The van der Waals surface area contributed by atoms with Crippen LogP contribution in [0.1, 0.15) is 54.5 Å². The first kappa shape index (κ1) is 26.0. The van der Waals surface area contributed by atoms with Gasteiger partial charge in [0.25, 0.3) is 0 Å². The Labute approximate surface area is 204 Å². The second-order valence-corrected chi connectivity index (χ2v) is 9.30.